The molecule has 1 aliphatic rings. The Hall–Kier alpha value is -2.21. The summed E-state index contributed by atoms with van der Waals surface area (Å²) in [6.45, 7) is 0. The summed E-state index contributed by atoms with van der Waals surface area (Å²) >= 11 is 1.49. The van der Waals surface area contributed by atoms with E-state index in [1.807, 2.05) is 11.5 Å². The van der Waals surface area contributed by atoms with E-state index < -0.39 is 0 Å². The highest BCUT2D eigenvalue weighted by Gasteiger charge is 2.15. The molecule has 0 spiro atoms. The Kier molecular flexibility index (Phi) is 3.00. The molecule has 0 aromatic carbocycles. The predicted octanol–water partition coefficient (Wildman–Crippen LogP) is 3.31. The summed E-state index contributed by atoms with van der Waals surface area (Å²) < 4.78 is 13.2. The highest BCUT2D eigenvalue weighted by atomic mass is 32.1. The van der Waals surface area contributed by atoms with Gasteiger partial charge in [0.1, 0.15) is 22.2 Å². The molecule has 0 fully saturated rings. The lowest BCUT2D eigenvalue weighted by molar-refractivity contribution is 0.618. The number of imidazole rings is 1. The van der Waals surface area contributed by atoms with Crippen molar-refractivity contribution in [3.63, 3.8) is 0 Å². The molecule has 0 aliphatic heterocycles. The molecule has 4 nitrogen and oxygen atoms in total. The minimum absolute atomic E-state index is 0.175. The smallest absolute Gasteiger partial charge is 0.198 e. The highest BCUT2D eigenvalue weighted by molar-refractivity contribution is 7.13. The van der Waals surface area contributed by atoms with Crippen LogP contribution in [0.3, 0.4) is 0 Å². The molecule has 3 rings (SSSR count). The fourth-order valence-corrected chi connectivity index (χ4v) is 2.50. The van der Waals surface area contributed by atoms with E-state index in [2.05, 4.69) is 15.0 Å². The molecule has 96 valence electrons. The summed E-state index contributed by atoms with van der Waals surface area (Å²) in [6, 6.07) is 0. The number of halogens is 1. The Labute approximate surface area is 113 Å². The third-order valence-corrected chi connectivity index (χ3v) is 3.49. The molecule has 0 bridgehead atoms. The van der Waals surface area contributed by atoms with Crippen LogP contribution in [0.4, 0.5) is 10.3 Å². The van der Waals surface area contributed by atoms with E-state index in [1.54, 1.807) is 18.3 Å². The third kappa shape index (κ3) is 2.34. The van der Waals surface area contributed by atoms with Crippen molar-refractivity contribution in [3.8, 4) is 10.7 Å². The average molecular weight is 274 g/mol. The van der Waals surface area contributed by atoms with Crippen LogP contribution in [0.15, 0.2) is 41.7 Å². The van der Waals surface area contributed by atoms with E-state index >= 15 is 0 Å². The molecule has 2 aromatic heterocycles. The van der Waals surface area contributed by atoms with Gasteiger partial charge in [0.05, 0.1) is 0 Å². The van der Waals surface area contributed by atoms with Gasteiger partial charge in [-0.05, 0) is 6.08 Å². The predicted molar refractivity (Wildman–Crippen MR) is 75.0 cm³/mol. The number of hydrogen-bond donors (Lipinski definition) is 2. The largest absolute Gasteiger partial charge is 0.369 e. The van der Waals surface area contributed by atoms with Crippen molar-refractivity contribution in [3.05, 3.63) is 47.4 Å². The number of nitrogens with one attached hydrogen (secondary N) is 1. The SMILES string of the molecule is Nc1nc(C2=CC=C(F)CC=C2)c(-c2nccs2)[nH]1. The van der Waals surface area contributed by atoms with Crippen LogP contribution in [0.1, 0.15) is 12.1 Å². The summed E-state index contributed by atoms with van der Waals surface area (Å²) in [5.41, 5.74) is 7.99. The molecule has 0 atom stereocenters. The minimum Gasteiger partial charge on any atom is -0.369 e. The third-order valence-electron chi connectivity index (χ3n) is 2.70. The van der Waals surface area contributed by atoms with Crippen LogP contribution in [0.2, 0.25) is 0 Å². The van der Waals surface area contributed by atoms with Crippen LogP contribution in [0.25, 0.3) is 16.3 Å². The van der Waals surface area contributed by atoms with Crippen LogP contribution in [-0.2, 0) is 0 Å². The van der Waals surface area contributed by atoms with Gasteiger partial charge in [0.15, 0.2) is 5.95 Å². The van der Waals surface area contributed by atoms with Gasteiger partial charge in [-0.25, -0.2) is 14.4 Å². The number of nitrogens with zero attached hydrogens (tertiary/aromatic N) is 2. The molecular weight excluding hydrogens is 263 g/mol. The molecule has 0 saturated carbocycles. The van der Waals surface area contributed by atoms with Crippen molar-refractivity contribution in [1.82, 2.24) is 15.0 Å². The normalized spacial score (nSPS) is 15.0. The van der Waals surface area contributed by atoms with Crippen molar-refractivity contribution in [2.75, 3.05) is 5.73 Å². The van der Waals surface area contributed by atoms with Crippen LogP contribution in [0, 0.1) is 0 Å². The molecule has 2 aromatic rings. The zero-order chi connectivity index (χ0) is 13.2. The number of rotatable bonds is 2. The number of H-pyrrole nitrogens is 1. The Bertz CT molecular complexity index is 680. The molecule has 0 amide bonds. The number of aromatic amines is 1. The number of anilines is 1. The molecule has 1 aliphatic carbocycles. The van der Waals surface area contributed by atoms with Gasteiger partial charge in [0.2, 0.25) is 0 Å². The van der Waals surface area contributed by atoms with Crippen molar-refractivity contribution in [2.45, 2.75) is 6.42 Å². The Morgan fingerprint density at radius 1 is 1.37 bits per heavy atom. The number of aromatic nitrogens is 3. The summed E-state index contributed by atoms with van der Waals surface area (Å²) in [5.74, 6) is 0.147. The maximum absolute atomic E-state index is 13.2. The van der Waals surface area contributed by atoms with Gasteiger partial charge in [-0.1, -0.05) is 18.2 Å². The molecule has 6 heteroatoms. The van der Waals surface area contributed by atoms with E-state index in [0.717, 1.165) is 16.3 Å². The lowest BCUT2D eigenvalue weighted by atomic mass is 10.1. The fourth-order valence-electron chi connectivity index (χ4n) is 1.86. The first-order valence-electron chi connectivity index (χ1n) is 5.72. The minimum atomic E-state index is -0.175. The fraction of sp³-hybridized carbons (Fsp3) is 0.0769. The van der Waals surface area contributed by atoms with Crippen LogP contribution >= 0.6 is 11.3 Å². The maximum atomic E-state index is 13.2. The number of nitrogens with two attached hydrogens (primary N) is 1. The van der Waals surface area contributed by atoms with Gasteiger partial charge in [0.25, 0.3) is 0 Å². The van der Waals surface area contributed by atoms with Gasteiger partial charge < -0.3 is 10.7 Å². The quantitative estimate of drug-likeness (QED) is 0.882. The first kappa shape index (κ1) is 11.9. The first-order chi connectivity index (χ1) is 9.24. The average Bonchev–Trinajstić information content (AvgIpc) is 2.97. The zero-order valence-electron chi connectivity index (χ0n) is 9.93. The Balaban J connectivity index is 2.11. The van der Waals surface area contributed by atoms with Gasteiger partial charge in [-0.2, -0.15) is 0 Å². The van der Waals surface area contributed by atoms with E-state index in [1.165, 1.54) is 17.4 Å². The van der Waals surface area contributed by atoms with Gasteiger partial charge >= 0.3 is 0 Å². The second-order valence-corrected chi connectivity index (χ2v) is 4.92. The zero-order valence-corrected chi connectivity index (χ0v) is 10.7. The summed E-state index contributed by atoms with van der Waals surface area (Å²) in [6.07, 6.45) is 8.78. The van der Waals surface area contributed by atoms with Crippen molar-refractivity contribution in [1.29, 1.82) is 0 Å². The molecule has 0 saturated heterocycles. The monoisotopic (exact) mass is 274 g/mol. The van der Waals surface area contributed by atoms with Crippen LogP contribution in [-0.4, -0.2) is 15.0 Å². The number of allylic oxidation sites excluding steroid dienone is 6. The Morgan fingerprint density at radius 3 is 3.05 bits per heavy atom. The van der Waals surface area contributed by atoms with Crippen LogP contribution < -0.4 is 5.73 Å². The summed E-state index contributed by atoms with van der Waals surface area (Å²) in [4.78, 5) is 11.5. The van der Waals surface area contributed by atoms with E-state index in [0.29, 0.717) is 18.1 Å². The van der Waals surface area contributed by atoms with Crippen molar-refractivity contribution >= 4 is 22.9 Å². The Morgan fingerprint density at radius 2 is 2.26 bits per heavy atom. The first-order valence-corrected chi connectivity index (χ1v) is 6.60. The van der Waals surface area contributed by atoms with Crippen molar-refractivity contribution in [2.24, 2.45) is 0 Å². The molecular formula is C13H11FN4S. The lowest BCUT2D eigenvalue weighted by Crippen LogP contribution is -1.87. The van der Waals surface area contributed by atoms with E-state index in [-0.39, 0.29) is 5.83 Å². The summed E-state index contributed by atoms with van der Waals surface area (Å²) in [7, 11) is 0. The van der Waals surface area contributed by atoms with Gasteiger partial charge in [-0.15, -0.1) is 11.3 Å². The maximum Gasteiger partial charge on any atom is 0.198 e. The topological polar surface area (TPSA) is 67.6 Å². The number of hydrogen-bond acceptors (Lipinski definition) is 4. The van der Waals surface area contributed by atoms with E-state index in [4.69, 9.17) is 5.73 Å². The second kappa shape index (κ2) is 4.81. The molecule has 0 radical (unpaired) electrons. The highest BCUT2D eigenvalue weighted by Crippen LogP contribution is 2.31. The lowest BCUT2D eigenvalue weighted by Gasteiger charge is -1.99. The second-order valence-electron chi connectivity index (χ2n) is 4.02. The molecule has 2 heterocycles. The van der Waals surface area contributed by atoms with Crippen molar-refractivity contribution < 1.29 is 4.39 Å². The van der Waals surface area contributed by atoms with Gasteiger partial charge in [0, 0.05) is 23.6 Å². The number of nitrogen functional groups attached to an aromatic ring is 1. The van der Waals surface area contributed by atoms with Crippen LogP contribution in [0.5, 0.6) is 0 Å². The van der Waals surface area contributed by atoms with Gasteiger partial charge in [-0.3, -0.25) is 0 Å². The number of thiazole rings is 1. The summed E-state index contributed by atoms with van der Waals surface area (Å²) in [5, 5.41) is 2.69. The standard InChI is InChI=1S/C13H11FN4S/c14-9-3-1-2-8(4-5-9)10-11(18-13(15)17-10)12-16-6-7-19-12/h1-2,4-7H,3H2,(H3,15,17,18). The molecule has 3 N–H and O–H groups in total. The molecule has 19 heavy (non-hydrogen) atoms. The van der Waals surface area contributed by atoms with E-state index in [9.17, 15) is 4.39 Å². The molecule has 0 unspecified atom stereocenters.